The van der Waals surface area contributed by atoms with Crippen LogP contribution in [0.15, 0.2) is 200 Å². The van der Waals surface area contributed by atoms with Crippen LogP contribution in [0.1, 0.15) is 137 Å². The Balaban J connectivity index is 1.03. The van der Waals surface area contributed by atoms with Crippen molar-refractivity contribution in [3.63, 3.8) is 0 Å². The number of hydrogen-bond donors (Lipinski definition) is 0. The summed E-state index contributed by atoms with van der Waals surface area (Å²) >= 11 is 0. The number of anilines is 3. The van der Waals surface area contributed by atoms with E-state index < -0.39 is 5.41 Å². The van der Waals surface area contributed by atoms with Crippen LogP contribution < -0.4 is 4.90 Å². The second-order valence-corrected chi connectivity index (χ2v) is 25.3. The van der Waals surface area contributed by atoms with Crippen molar-refractivity contribution in [3.8, 4) is 44.5 Å². The third-order valence-corrected chi connectivity index (χ3v) is 18.9. The lowest BCUT2D eigenvalue weighted by molar-refractivity contribution is 0.327. The van der Waals surface area contributed by atoms with Crippen molar-refractivity contribution in [1.29, 1.82) is 0 Å². The summed E-state index contributed by atoms with van der Waals surface area (Å²) in [6, 6.07) is 78.3. The summed E-state index contributed by atoms with van der Waals surface area (Å²) in [6.45, 7) is 18.7. The number of fused-ring (bicyclic) bond motifs is 14. The molecule has 0 aliphatic heterocycles. The van der Waals surface area contributed by atoms with Gasteiger partial charge in [0.15, 0.2) is 0 Å². The maximum Gasteiger partial charge on any atom is 0.0714 e. The fraction of sp³-hybridized carbons (Fsp3) is 0.260. The molecule has 14 rings (SSSR count). The quantitative estimate of drug-likeness (QED) is 0.161. The fourth-order valence-corrected chi connectivity index (χ4v) is 15.6. The van der Waals surface area contributed by atoms with Gasteiger partial charge in [-0.3, -0.25) is 0 Å². The minimum absolute atomic E-state index is 0.0289. The molecule has 3 atom stereocenters. The van der Waals surface area contributed by atoms with Crippen LogP contribution in [-0.2, 0) is 27.1 Å². The van der Waals surface area contributed by atoms with E-state index in [2.05, 4.69) is 260 Å². The number of hydrogen-bond acceptors (Lipinski definition) is 1. The van der Waals surface area contributed by atoms with Crippen LogP contribution in [0.4, 0.5) is 17.1 Å². The van der Waals surface area contributed by atoms with E-state index in [1.165, 1.54) is 137 Å². The Hall–Kier alpha value is -7.22. The molecule has 9 aromatic carbocycles. The zero-order valence-corrected chi connectivity index (χ0v) is 44.5. The highest BCUT2D eigenvalue weighted by Crippen LogP contribution is 2.67. The second-order valence-electron chi connectivity index (χ2n) is 25.3. The maximum absolute atomic E-state index is 2.65. The number of nitrogens with zero attached hydrogens (tertiary/aromatic N) is 1. The van der Waals surface area contributed by atoms with Crippen molar-refractivity contribution in [2.24, 2.45) is 11.8 Å². The van der Waals surface area contributed by atoms with Crippen LogP contribution in [0.3, 0.4) is 0 Å². The summed E-state index contributed by atoms with van der Waals surface area (Å²) in [6.07, 6.45) is 5.26. The average Bonchev–Trinajstić information content (AvgIpc) is 4.23. The summed E-state index contributed by atoms with van der Waals surface area (Å²) in [5.74, 6) is 1.45. The number of rotatable bonds is 6. The predicted octanol–water partition coefficient (Wildman–Crippen LogP) is 19.2. The minimum Gasteiger partial charge on any atom is -0.310 e. The van der Waals surface area contributed by atoms with Gasteiger partial charge < -0.3 is 4.90 Å². The van der Waals surface area contributed by atoms with Gasteiger partial charge in [0.25, 0.3) is 0 Å². The zero-order valence-electron chi connectivity index (χ0n) is 44.5. The highest BCUT2D eigenvalue weighted by molar-refractivity contribution is 5.99. The van der Waals surface area contributed by atoms with Gasteiger partial charge in [0.1, 0.15) is 0 Å². The van der Waals surface area contributed by atoms with Crippen molar-refractivity contribution in [2.75, 3.05) is 4.90 Å². The van der Waals surface area contributed by atoms with E-state index in [9.17, 15) is 0 Å². The summed E-state index contributed by atoms with van der Waals surface area (Å²) in [7, 11) is 0. The lowest BCUT2D eigenvalue weighted by Crippen LogP contribution is -2.32. The van der Waals surface area contributed by atoms with E-state index in [0.717, 1.165) is 5.92 Å². The van der Waals surface area contributed by atoms with E-state index in [4.69, 9.17) is 0 Å². The third-order valence-electron chi connectivity index (χ3n) is 18.9. The molecule has 5 aliphatic carbocycles. The Bertz CT molecular complexity index is 3680. The van der Waals surface area contributed by atoms with Gasteiger partial charge >= 0.3 is 0 Å². The molecule has 3 unspecified atom stereocenters. The summed E-state index contributed by atoms with van der Waals surface area (Å²) < 4.78 is 0. The van der Waals surface area contributed by atoms with Crippen molar-refractivity contribution in [2.45, 2.75) is 108 Å². The van der Waals surface area contributed by atoms with Gasteiger partial charge in [0.05, 0.1) is 11.1 Å². The van der Waals surface area contributed by atoms with E-state index in [0.29, 0.717) is 5.92 Å². The van der Waals surface area contributed by atoms with Crippen LogP contribution in [0, 0.1) is 11.8 Å². The van der Waals surface area contributed by atoms with Crippen molar-refractivity contribution in [1.82, 2.24) is 0 Å². The van der Waals surface area contributed by atoms with Gasteiger partial charge in [-0.1, -0.05) is 232 Å². The summed E-state index contributed by atoms with van der Waals surface area (Å²) in [5.41, 5.74) is 27.5. The molecule has 5 aliphatic rings. The van der Waals surface area contributed by atoms with Crippen molar-refractivity contribution < 1.29 is 0 Å². The SMILES string of the molecule is CC(C)(C)c1ccc(C2(c3ccc(C(C)(C)C)cc3)c3ccccc3-c3c(N(c4cccc(-c5cccc6c5C(C)(C)c5ccccc5-6)c4)c4ccc5c(c4)C4(CC6CCC4C6)c4ccccc4-5)cccc32)cc1. The standard InChI is InChI=1S/C73H67N/c1-69(2,3)48-32-36-50(37-33-48)73(51-38-34-49(35-39-51)70(4,5)6)63-27-14-11-22-60(63)67-64(73)28-17-29-66(67)74(54-40-41-58-56-20-10-13-26-62(56)72(65(58)44-54)45-46-30-31-52(72)42-46)53-19-15-18-47(43-53)55-23-16-24-59-57-21-9-12-25-61(57)71(7,8)68(55)59/h9-29,32-41,43-44,46,52H,30-31,42,45H2,1-8H3. The molecule has 1 spiro atoms. The molecule has 2 fully saturated rings. The maximum atomic E-state index is 2.65. The first-order valence-electron chi connectivity index (χ1n) is 27.5. The van der Waals surface area contributed by atoms with Gasteiger partial charge in [0, 0.05) is 27.8 Å². The Kier molecular flexibility index (Phi) is 9.75. The average molecular weight is 958 g/mol. The Morgan fingerprint density at radius 1 is 0.432 bits per heavy atom. The Morgan fingerprint density at radius 2 is 0.973 bits per heavy atom. The Morgan fingerprint density at radius 3 is 1.62 bits per heavy atom. The van der Waals surface area contributed by atoms with Crippen molar-refractivity contribution in [3.05, 3.63) is 256 Å². The van der Waals surface area contributed by atoms with E-state index >= 15 is 0 Å². The summed E-state index contributed by atoms with van der Waals surface area (Å²) in [4.78, 5) is 2.65. The zero-order chi connectivity index (χ0) is 50.5. The molecule has 9 aromatic rings. The molecule has 0 radical (unpaired) electrons. The molecule has 1 heteroatoms. The molecule has 0 aromatic heterocycles. The molecule has 2 saturated carbocycles. The first kappa shape index (κ1) is 45.4. The van der Waals surface area contributed by atoms with Crippen LogP contribution in [-0.4, -0.2) is 0 Å². The largest absolute Gasteiger partial charge is 0.310 e. The first-order chi connectivity index (χ1) is 35.7. The van der Waals surface area contributed by atoms with Gasteiger partial charge in [0.2, 0.25) is 0 Å². The molecular formula is C73H67N. The van der Waals surface area contributed by atoms with Gasteiger partial charge in [-0.15, -0.1) is 0 Å². The summed E-state index contributed by atoms with van der Waals surface area (Å²) in [5, 5.41) is 0. The van der Waals surface area contributed by atoms with Gasteiger partial charge in [-0.2, -0.15) is 0 Å². The molecule has 1 nitrogen and oxygen atoms in total. The first-order valence-corrected chi connectivity index (χ1v) is 27.5. The second kappa shape index (κ2) is 15.9. The lowest BCUT2D eigenvalue weighted by Gasteiger charge is -2.37. The topological polar surface area (TPSA) is 3.24 Å². The minimum atomic E-state index is -0.569. The fourth-order valence-electron chi connectivity index (χ4n) is 15.6. The molecule has 2 bridgehead atoms. The van der Waals surface area contributed by atoms with Crippen LogP contribution in [0.25, 0.3) is 44.5 Å². The smallest absolute Gasteiger partial charge is 0.0714 e. The monoisotopic (exact) mass is 958 g/mol. The van der Waals surface area contributed by atoms with Crippen LogP contribution in [0.2, 0.25) is 0 Å². The highest BCUT2D eigenvalue weighted by atomic mass is 15.1. The van der Waals surface area contributed by atoms with Crippen LogP contribution >= 0.6 is 0 Å². The molecule has 0 amide bonds. The number of benzene rings is 9. The molecule has 0 saturated heterocycles. The van der Waals surface area contributed by atoms with E-state index in [1.54, 1.807) is 5.56 Å². The highest BCUT2D eigenvalue weighted by Gasteiger charge is 2.57. The molecule has 0 N–H and O–H groups in total. The molecular weight excluding hydrogens is 891 g/mol. The van der Waals surface area contributed by atoms with E-state index in [-0.39, 0.29) is 21.7 Å². The predicted molar refractivity (Wildman–Crippen MR) is 310 cm³/mol. The normalized spacial score (nSPS) is 19.9. The lowest BCUT2D eigenvalue weighted by atomic mass is 9.66. The molecule has 0 heterocycles. The van der Waals surface area contributed by atoms with Gasteiger partial charge in [-0.25, -0.2) is 0 Å². The third kappa shape index (κ3) is 6.28. The molecule has 74 heavy (non-hydrogen) atoms. The Labute approximate surface area is 440 Å². The van der Waals surface area contributed by atoms with Crippen LogP contribution in [0.5, 0.6) is 0 Å². The van der Waals surface area contributed by atoms with Crippen molar-refractivity contribution >= 4 is 17.1 Å². The molecule has 364 valence electrons. The van der Waals surface area contributed by atoms with E-state index in [1.807, 2.05) is 0 Å². The van der Waals surface area contributed by atoms with Gasteiger partial charge in [-0.05, 0) is 167 Å².